The Morgan fingerprint density at radius 3 is 2.42 bits per heavy atom. The molecule has 0 spiro atoms. The van der Waals surface area contributed by atoms with E-state index in [-0.39, 0.29) is 11.8 Å². The van der Waals surface area contributed by atoms with Crippen LogP contribution in [0.25, 0.3) is 0 Å². The summed E-state index contributed by atoms with van der Waals surface area (Å²) in [6.07, 6.45) is 0. The molecule has 0 saturated heterocycles. The van der Waals surface area contributed by atoms with Gasteiger partial charge >= 0.3 is 6.03 Å². The first kappa shape index (κ1) is 8.52. The van der Waals surface area contributed by atoms with Crippen LogP contribution in [-0.4, -0.2) is 13.1 Å². The number of rotatable bonds is 1. The SMILES string of the molecule is CNC(=O)Nc1ccc(F)cc1. The van der Waals surface area contributed by atoms with Crippen LogP contribution in [-0.2, 0) is 0 Å². The van der Waals surface area contributed by atoms with Gasteiger partial charge in [-0.2, -0.15) is 0 Å². The van der Waals surface area contributed by atoms with Crippen LogP contribution in [0.2, 0.25) is 0 Å². The smallest absolute Gasteiger partial charge is 0.318 e. The third-order valence-corrected chi connectivity index (χ3v) is 1.33. The second-order valence-corrected chi connectivity index (χ2v) is 2.21. The molecule has 4 heteroatoms. The van der Waals surface area contributed by atoms with E-state index in [4.69, 9.17) is 0 Å². The third-order valence-electron chi connectivity index (χ3n) is 1.33. The Morgan fingerprint density at radius 1 is 1.33 bits per heavy atom. The first-order chi connectivity index (χ1) is 5.72. The van der Waals surface area contributed by atoms with Gasteiger partial charge in [0.25, 0.3) is 0 Å². The highest BCUT2D eigenvalue weighted by Crippen LogP contribution is 2.07. The minimum absolute atomic E-state index is 0.318. The van der Waals surface area contributed by atoms with Crippen molar-refractivity contribution >= 4 is 11.7 Å². The summed E-state index contributed by atoms with van der Waals surface area (Å²) in [4.78, 5) is 10.8. The van der Waals surface area contributed by atoms with Gasteiger partial charge in [0.05, 0.1) is 0 Å². The van der Waals surface area contributed by atoms with Crippen molar-refractivity contribution in [2.75, 3.05) is 12.4 Å². The van der Waals surface area contributed by atoms with E-state index in [1.165, 1.54) is 31.3 Å². The minimum atomic E-state index is -0.322. The number of nitrogens with one attached hydrogen (secondary N) is 2. The molecule has 0 heterocycles. The van der Waals surface area contributed by atoms with E-state index in [0.29, 0.717) is 5.69 Å². The molecular weight excluding hydrogens is 159 g/mol. The molecule has 0 aromatic heterocycles. The molecule has 0 unspecified atom stereocenters. The summed E-state index contributed by atoms with van der Waals surface area (Å²) in [6, 6.07) is 5.23. The van der Waals surface area contributed by atoms with Gasteiger partial charge < -0.3 is 10.6 Å². The summed E-state index contributed by atoms with van der Waals surface area (Å²) in [5.74, 6) is -0.322. The lowest BCUT2D eigenvalue weighted by atomic mass is 10.3. The van der Waals surface area contributed by atoms with Gasteiger partial charge in [-0.3, -0.25) is 0 Å². The predicted molar refractivity (Wildman–Crippen MR) is 44.5 cm³/mol. The highest BCUT2D eigenvalue weighted by atomic mass is 19.1. The molecule has 2 N–H and O–H groups in total. The van der Waals surface area contributed by atoms with Crippen LogP contribution in [0.15, 0.2) is 24.3 Å². The van der Waals surface area contributed by atoms with Crippen molar-refractivity contribution in [3.63, 3.8) is 0 Å². The van der Waals surface area contributed by atoms with Crippen molar-refractivity contribution in [1.29, 1.82) is 0 Å². The van der Waals surface area contributed by atoms with Crippen molar-refractivity contribution < 1.29 is 9.18 Å². The van der Waals surface area contributed by atoms with Crippen LogP contribution in [0.1, 0.15) is 0 Å². The molecule has 0 fully saturated rings. The average Bonchev–Trinajstić information content (AvgIpc) is 2.09. The van der Waals surface area contributed by atoms with E-state index < -0.39 is 0 Å². The van der Waals surface area contributed by atoms with Crippen LogP contribution >= 0.6 is 0 Å². The number of hydrogen-bond acceptors (Lipinski definition) is 1. The molecule has 1 aromatic carbocycles. The number of carbonyl (C=O) groups excluding carboxylic acids is 1. The number of halogens is 1. The molecule has 1 rings (SSSR count). The number of urea groups is 1. The Bertz CT molecular complexity index is 271. The Morgan fingerprint density at radius 2 is 1.92 bits per heavy atom. The molecule has 12 heavy (non-hydrogen) atoms. The first-order valence-corrected chi connectivity index (χ1v) is 3.46. The Labute approximate surface area is 69.6 Å². The number of carbonyl (C=O) groups is 1. The van der Waals surface area contributed by atoms with Gasteiger partial charge in [0.2, 0.25) is 0 Å². The maximum absolute atomic E-state index is 12.4. The standard InChI is InChI=1S/C8H9FN2O/c1-10-8(12)11-7-4-2-6(9)3-5-7/h2-5H,1H3,(H2,10,11,12). The van der Waals surface area contributed by atoms with Gasteiger partial charge in [-0.25, -0.2) is 9.18 Å². The Hall–Kier alpha value is -1.58. The molecule has 0 radical (unpaired) electrons. The summed E-state index contributed by atoms with van der Waals surface area (Å²) in [6.45, 7) is 0. The summed E-state index contributed by atoms with van der Waals surface area (Å²) in [5.41, 5.74) is 0.566. The topological polar surface area (TPSA) is 41.1 Å². The van der Waals surface area contributed by atoms with Crippen molar-refractivity contribution in [1.82, 2.24) is 5.32 Å². The summed E-state index contributed by atoms with van der Waals surface area (Å²) < 4.78 is 12.4. The largest absolute Gasteiger partial charge is 0.341 e. The van der Waals surface area contributed by atoms with E-state index in [1.54, 1.807) is 0 Å². The Balaban J connectivity index is 2.64. The van der Waals surface area contributed by atoms with E-state index in [2.05, 4.69) is 10.6 Å². The summed E-state index contributed by atoms with van der Waals surface area (Å²) in [5, 5.41) is 4.89. The van der Waals surface area contributed by atoms with Crippen LogP contribution in [0.3, 0.4) is 0 Å². The number of anilines is 1. The number of hydrogen-bond donors (Lipinski definition) is 2. The van der Waals surface area contributed by atoms with Crippen molar-refractivity contribution in [3.8, 4) is 0 Å². The monoisotopic (exact) mass is 168 g/mol. The maximum atomic E-state index is 12.4. The van der Waals surface area contributed by atoms with Crippen molar-refractivity contribution in [2.24, 2.45) is 0 Å². The fraction of sp³-hybridized carbons (Fsp3) is 0.125. The summed E-state index contributed by atoms with van der Waals surface area (Å²) in [7, 11) is 1.51. The number of benzene rings is 1. The molecule has 0 saturated carbocycles. The molecule has 0 aliphatic rings. The van der Waals surface area contributed by atoms with Crippen LogP contribution < -0.4 is 10.6 Å². The van der Waals surface area contributed by atoms with Gasteiger partial charge in [-0.15, -0.1) is 0 Å². The molecule has 0 aliphatic heterocycles. The molecule has 0 bridgehead atoms. The van der Waals surface area contributed by atoms with E-state index in [0.717, 1.165) is 0 Å². The van der Waals surface area contributed by atoms with Gasteiger partial charge in [0.1, 0.15) is 5.82 Å². The highest BCUT2D eigenvalue weighted by molar-refractivity contribution is 5.88. The minimum Gasteiger partial charge on any atom is -0.341 e. The fourth-order valence-electron chi connectivity index (χ4n) is 0.727. The fourth-order valence-corrected chi connectivity index (χ4v) is 0.727. The molecular formula is C8H9FN2O. The zero-order valence-corrected chi connectivity index (χ0v) is 6.60. The lowest BCUT2D eigenvalue weighted by molar-refractivity contribution is 0.254. The average molecular weight is 168 g/mol. The zero-order valence-electron chi connectivity index (χ0n) is 6.60. The zero-order chi connectivity index (χ0) is 8.97. The Kier molecular flexibility index (Phi) is 2.63. The van der Waals surface area contributed by atoms with Gasteiger partial charge in [0.15, 0.2) is 0 Å². The van der Waals surface area contributed by atoms with Crippen LogP contribution in [0, 0.1) is 5.82 Å². The normalized spacial score (nSPS) is 9.17. The molecule has 64 valence electrons. The van der Waals surface area contributed by atoms with Gasteiger partial charge in [-0.1, -0.05) is 0 Å². The quantitative estimate of drug-likeness (QED) is 0.656. The molecule has 1 aromatic rings. The second kappa shape index (κ2) is 3.71. The second-order valence-electron chi connectivity index (χ2n) is 2.21. The molecule has 2 amide bonds. The lowest BCUT2D eigenvalue weighted by Gasteiger charge is -2.02. The molecule has 0 atom stereocenters. The van der Waals surface area contributed by atoms with E-state index in [9.17, 15) is 9.18 Å². The third kappa shape index (κ3) is 2.23. The number of amides is 2. The van der Waals surface area contributed by atoms with Gasteiger partial charge in [0, 0.05) is 12.7 Å². The maximum Gasteiger partial charge on any atom is 0.318 e. The molecule has 0 aliphatic carbocycles. The van der Waals surface area contributed by atoms with Gasteiger partial charge in [-0.05, 0) is 24.3 Å². The van der Waals surface area contributed by atoms with Crippen molar-refractivity contribution in [3.05, 3.63) is 30.1 Å². The van der Waals surface area contributed by atoms with E-state index >= 15 is 0 Å². The van der Waals surface area contributed by atoms with Crippen LogP contribution in [0.5, 0.6) is 0 Å². The van der Waals surface area contributed by atoms with E-state index in [1.807, 2.05) is 0 Å². The van der Waals surface area contributed by atoms with Crippen molar-refractivity contribution in [2.45, 2.75) is 0 Å². The molecule has 3 nitrogen and oxygen atoms in total. The van der Waals surface area contributed by atoms with Crippen LogP contribution in [0.4, 0.5) is 14.9 Å². The first-order valence-electron chi connectivity index (χ1n) is 3.46. The highest BCUT2D eigenvalue weighted by Gasteiger charge is 1.96. The summed E-state index contributed by atoms with van der Waals surface area (Å²) >= 11 is 0. The lowest BCUT2D eigenvalue weighted by Crippen LogP contribution is -2.24. The predicted octanol–water partition coefficient (Wildman–Crippen LogP) is 1.58.